The molecule has 5 nitrogen and oxygen atoms in total. The van der Waals surface area contributed by atoms with Crippen molar-refractivity contribution in [2.45, 2.75) is 90.6 Å². The van der Waals surface area contributed by atoms with E-state index in [1.54, 1.807) is 0 Å². The van der Waals surface area contributed by atoms with E-state index in [1.807, 2.05) is 39.8 Å². The molecular weight excluding hydrogens is 354 g/mol. The number of rotatable bonds is 6. The number of esters is 1. The Hall–Kier alpha value is -1.75. The summed E-state index contributed by atoms with van der Waals surface area (Å²) in [5, 5.41) is 3.34. The molecule has 5 heteroatoms. The summed E-state index contributed by atoms with van der Waals surface area (Å²) >= 11 is 0. The number of ether oxygens (including phenoxy) is 3. The normalized spacial score (nSPS) is 24.4. The molecule has 1 aliphatic carbocycles. The maximum Gasteiger partial charge on any atom is 0.309 e. The maximum atomic E-state index is 12.9. The molecular formula is C23H35NO4. The predicted octanol–water partition coefficient (Wildman–Crippen LogP) is 5.25. The van der Waals surface area contributed by atoms with Crippen molar-refractivity contribution >= 4 is 11.7 Å². The Balaban J connectivity index is 1.91. The molecule has 2 unspecified atom stereocenters. The Bertz CT molecular complexity index is 679. The maximum absolute atomic E-state index is 12.9. The number of hydrogen-bond acceptors (Lipinski definition) is 5. The van der Waals surface area contributed by atoms with Crippen molar-refractivity contribution in [2.75, 3.05) is 11.9 Å². The van der Waals surface area contributed by atoms with E-state index in [1.165, 1.54) is 6.42 Å². The van der Waals surface area contributed by atoms with Crippen molar-refractivity contribution < 1.29 is 19.0 Å². The average Bonchev–Trinajstić information content (AvgIpc) is 2.65. The van der Waals surface area contributed by atoms with Gasteiger partial charge in [-0.3, -0.25) is 4.79 Å². The first-order chi connectivity index (χ1) is 13.3. The number of anilines is 1. The van der Waals surface area contributed by atoms with Crippen LogP contribution in [0.5, 0.6) is 5.75 Å². The lowest BCUT2D eigenvalue weighted by Gasteiger charge is -2.44. The third kappa shape index (κ3) is 4.62. The molecule has 1 saturated carbocycles. The quantitative estimate of drug-likeness (QED) is 0.674. The number of nitrogens with one attached hydrogen (secondary N) is 1. The van der Waals surface area contributed by atoms with E-state index < -0.39 is 11.7 Å². The summed E-state index contributed by atoms with van der Waals surface area (Å²) in [6, 6.07) is 6.05. The molecule has 0 aromatic heterocycles. The van der Waals surface area contributed by atoms with Crippen LogP contribution in [0.15, 0.2) is 18.2 Å². The second kappa shape index (κ2) is 8.73. The minimum Gasteiger partial charge on any atom is -0.483 e. The lowest BCUT2D eigenvalue weighted by atomic mass is 9.86. The van der Waals surface area contributed by atoms with Gasteiger partial charge in [0.1, 0.15) is 17.5 Å². The Morgan fingerprint density at radius 2 is 1.96 bits per heavy atom. The van der Waals surface area contributed by atoms with Gasteiger partial charge in [-0.05, 0) is 65.7 Å². The molecule has 0 radical (unpaired) electrons. The van der Waals surface area contributed by atoms with E-state index in [9.17, 15) is 4.79 Å². The standard InChI is InChI=1S/C23H35NO4/c1-6-24-17-12-13-19-18(14-17)20(26-15(2)3)21(23(4,5)28-19)27-22(25)16-10-8-7-9-11-16/h12-16,20-21,24H,6-11H2,1-5H3. The van der Waals surface area contributed by atoms with Crippen molar-refractivity contribution in [3.8, 4) is 5.75 Å². The largest absolute Gasteiger partial charge is 0.483 e. The van der Waals surface area contributed by atoms with Gasteiger partial charge in [0.25, 0.3) is 0 Å². The highest BCUT2D eigenvalue weighted by atomic mass is 16.6. The Kier molecular flexibility index (Phi) is 6.54. The van der Waals surface area contributed by atoms with Crippen molar-refractivity contribution in [1.82, 2.24) is 0 Å². The van der Waals surface area contributed by atoms with Crippen LogP contribution in [-0.4, -0.2) is 30.3 Å². The molecule has 0 spiro atoms. The third-order valence-electron chi connectivity index (χ3n) is 5.63. The molecule has 1 heterocycles. The molecule has 0 amide bonds. The summed E-state index contributed by atoms with van der Waals surface area (Å²) in [4.78, 5) is 12.9. The van der Waals surface area contributed by atoms with Gasteiger partial charge in [-0.25, -0.2) is 0 Å². The van der Waals surface area contributed by atoms with Crippen LogP contribution in [0, 0.1) is 5.92 Å². The highest BCUT2D eigenvalue weighted by Crippen LogP contribution is 2.45. The van der Waals surface area contributed by atoms with Gasteiger partial charge in [0.05, 0.1) is 12.0 Å². The zero-order valence-electron chi connectivity index (χ0n) is 17.9. The summed E-state index contributed by atoms with van der Waals surface area (Å²) in [5.74, 6) is 0.686. The van der Waals surface area contributed by atoms with Crippen LogP contribution in [-0.2, 0) is 14.3 Å². The first-order valence-electron chi connectivity index (χ1n) is 10.7. The highest BCUT2D eigenvalue weighted by Gasteiger charge is 2.48. The summed E-state index contributed by atoms with van der Waals surface area (Å²) in [7, 11) is 0. The lowest BCUT2D eigenvalue weighted by molar-refractivity contribution is -0.193. The van der Waals surface area contributed by atoms with Crippen LogP contribution >= 0.6 is 0 Å². The van der Waals surface area contributed by atoms with Gasteiger partial charge < -0.3 is 19.5 Å². The summed E-state index contributed by atoms with van der Waals surface area (Å²) in [5.41, 5.74) is 1.28. The van der Waals surface area contributed by atoms with Gasteiger partial charge in [0.15, 0.2) is 6.10 Å². The highest BCUT2D eigenvalue weighted by molar-refractivity contribution is 5.73. The summed E-state index contributed by atoms with van der Waals surface area (Å²) in [6.45, 7) is 10.9. The average molecular weight is 390 g/mol. The van der Waals surface area contributed by atoms with Gasteiger partial charge in [-0.2, -0.15) is 0 Å². The van der Waals surface area contributed by atoms with Gasteiger partial charge in [0, 0.05) is 17.8 Å². The van der Waals surface area contributed by atoms with Crippen LogP contribution in [0.25, 0.3) is 0 Å². The minimum absolute atomic E-state index is 0.00117. The SMILES string of the molecule is CCNc1ccc2c(c1)C(OC(C)C)C(OC(=O)C1CCCCC1)C(C)(C)O2. The molecule has 2 aliphatic rings. The molecule has 2 atom stereocenters. The topological polar surface area (TPSA) is 56.8 Å². The van der Waals surface area contributed by atoms with E-state index in [-0.39, 0.29) is 24.1 Å². The van der Waals surface area contributed by atoms with E-state index >= 15 is 0 Å². The Labute approximate surface area is 169 Å². The minimum atomic E-state index is -0.670. The van der Waals surface area contributed by atoms with E-state index in [0.29, 0.717) is 0 Å². The van der Waals surface area contributed by atoms with Crippen LogP contribution in [0.3, 0.4) is 0 Å². The molecule has 1 fully saturated rings. The van der Waals surface area contributed by atoms with Gasteiger partial charge in [0.2, 0.25) is 0 Å². The molecule has 1 aliphatic heterocycles. The fraction of sp³-hybridized carbons (Fsp3) is 0.696. The summed E-state index contributed by atoms with van der Waals surface area (Å²) < 4.78 is 18.7. The molecule has 1 aromatic rings. The Morgan fingerprint density at radius 1 is 1.25 bits per heavy atom. The number of carbonyl (C=O) groups excluding carboxylic acids is 1. The first kappa shape index (κ1) is 21.0. The van der Waals surface area contributed by atoms with Crippen molar-refractivity contribution in [2.24, 2.45) is 5.92 Å². The third-order valence-corrected chi connectivity index (χ3v) is 5.63. The zero-order chi connectivity index (χ0) is 20.3. The van der Waals surface area contributed by atoms with E-state index in [0.717, 1.165) is 49.2 Å². The predicted molar refractivity (Wildman–Crippen MR) is 111 cm³/mol. The summed E-state index contributed by atoms with van der Waals surface area (Å²) in [6.07, 6.45) is 4.41. The van der Waals surface area contributed by atoms with E-state index in [2.05, 4.69) is 18.3 Å². The monoisotopic (exact) mass is 389 g/mol. The van der Waals surface area contributed by atoms with Crippen LogP contribution < -0.4 is 10.1 Å². The second-order valence-corrected chi connectivity index (χ2v) is 8.79. The molecule has 3 rings (SSSR count). The van der Waals surface area contributed by atoms with Gasteiger partial charge in [-0.15, -0.1) is 0 Å². The van der Waals surface area contributed by atoms with Gasteiger partial charge >= 0.3 is 5.97 Å². The fourth-order valence-electron chi connectivity index (χ4n) is 4.25. The van der Waals surface area contributed by atoms with Gasteiger partial charge in [-0.1, -0.05) is 19.3 Å². The van der Waals surface area contributed by atoms with Crippen LogP contribution in [0.2, 0.25) is 0 Å². The van der Waals surface area contributed by atoms with Crippen LogP contribution in [0.1, 0.15) is 78.4 Å². The number of benzene rings is 1. The molecule has 0 saturated heterocycles. The molecule has 1 aromatic carbocycles. The number of hydrogen-bond donors (Lipinski definition) is 1. The zero-order valence-corrected chi connectivity index (χ0v) is 17.9. The van der Waals surface area contributed by atoms with E-state index in [4.69, 9.17) is 14.2 Å². The van der Waals surface area contributed by atoms with Crippen molar-refractivity contribution in [3.63, 3.8) is 0 Å². The van der Waals surface area contributed by atoms with Crippen molar-refractivity contribution in [1.29, 1.82) is 0 Å². The fourth-order valence-corrected chi connectivity index (χ4v) is 4.25. The molecule has 156 valence electrons. The second-order valence-electron chi connectivity index (χ2n) is 8.79. The molecule has 0 bridgehead atoms. The Morgan fingerprint density at radius 3 is 2.61 bits per heavy atom. The molecule has 1 N–H and O–H groups in total. The number of fused-ring (bicyclic) bond motifs is 1. The van der Waals surface area contributed by atoms with Crippen LogP contribution in [0.4, 0.5) is 5.69 Å². The number of carbonyl (C=O) groups is 1. The lowest BCUT2D eigenvalue weighted by Crippen LogP contribution is -2.52. The molecule has 28 heavy (non-hydrogen) atoms. The smallest absolute Gasteiger partial charge is 0.309 e. The first-order valence-corrected chi connectivity index (χ1v) is 10.7. The van der Waals surface area contributed by atoms with Crippen molar-refractivity contribution in [3.05, 3.63) is 23.8 Å².